The van der Waals surface area contributed by atoms with Crippen LogP contribution in [0.3, 0.4) is 0 Å². The van der Waals surface area contributed by atoms with Gasteiger partial charge in [-0.15, -0.1) is 11.3 Å². The first-order valence-electron chi connectivity index (χ1n) is 8.50. The average molecular weight is 371 g/mol. The third-order valence-electron chi connectivity index (χ3n) is 3.98. The van der Waals surface area contributed by atoms with E-state index in [4.69, 9.17) is 5.73 Å². The van der Waals surface area contributed by atoms with Gasteiger partial charge in [0.2, 0.25) is 0 Å². The lowest BCUT2D eigenvalue weighted by atomic mass is 10.1. The molecule has 0 bridgehead atoms. The maximum absolute atomic E-state index is 6.02. The molecule has 4 aromatic rings. The number of hydrogen-bond donors (Lipinski definition) is 1. The fraction of sp³-hybridized carbons (Fsp3) is 0.143. The van der Waals surface area contributed by atoms with Crippen molar-refractivity contribution in [3.8, 4) is 23.1 Å². The van der Waals surface area contributed by atoms with Crippen molar-refractivity contribution in [1.29, 1.82) is 0 Å². The molecule has 5 nitrogen and oxygen atoms in total. The number of anilines is 1. The van der Waals surface area contributed by atoms with E-state index >= 15 is 0 Å². The first-order valence-corrected chi connectivity index (χ1v) is 9.31. The maximum Gasteiger partial charge on any atom is 0.153 e. The van der Waals surface area contributed by atoms with E-state index in [1.165, 1.54) is 4.88 Å². The smallest absolute Gasteiger partial charge is 0.153 e. The first-order chi connectivity index (χ1) is 13.1. The minimum atomic E-state index is 0.397. The van der Waals surface area contributed by atoms with Gasteiger partial charge in [0, 0.05) is 22.2 Å². The van der Waals surface area contributed by atoms with Gasteiger partial charge < -0.3 is 5.73 Å². The molecule has 0 aliphatic heterocycles. The van der Waals surface area contributed by atoms with E-state index in [1.54, 1.807) is 11.3 Å². The monoisotopic (exact) mass is 371 g/mol. The normalized spacial score (nSPS) is 10.6. The minimum Gasteiger partial charge on any atom is -0.382 e. The lowest BCUT2D eigenvalue weighted by Gasteiger charge is -2.06. The Labute approximate surface area is 161 Å². The molecule has 0 saturated carbocycles. The molecule has 0 aliphatic rings. The van der Waals surface area contributed by atoms with Gasteiger partial charge in [0.15, 0.2) is 5.82 Å². The largest absolute Gasteiger partial charge is 0.382 e. The van der Waals surface area contributed by atoms with Crippen molar-refractivity contribution in [1.82, 2.24) is 19.9 Å². The number of nitrogens with zero attached hydrogens (tertiary/aromatic N) is 4. The Morgan fingerprint density at radius 2 is 1.96 bits per heavy atom. The maximum atomic E-state index is 6.02. The summed E-state index contributed by atoms with van der Waals surface area (Å²) in [5, 5.41) is 1.04. The summed E-state index contributed by atoms with van der Waals surface area (Å²) < 4.78 is 0. The summed E-state index contributed by atoms with van der Waals surface area (Å²) in [6, 6.07) is 11.9. The van der Waals surface area contributed by atoms with E-state index in [2.05, 4.69) is 31.8 Å². The van der Waals surface area contributed by atoms with E-state index in [1.807, 2.05) is 56.4 Å². The topological polar surface area (TPSA) is 77.6 Å². The van der Waals surface area contributed by atoms with Crippen LogP contribution in [0.25, 0.3) is 22.3 Å². The number of aromatic nitrogens is 4. The highest BCUT2D eigenvalue weighted by Crippen LogP contribution is 2.23. The Balaban J connectivity index is 1.63. The quantitative estimate of drug-likeness (QED) is 0.540. The van der Waals surface area contributed by atoms with Crippen LogP contribution < -0.4 is 5.73 Å². The Kier molecular flexibility index (Phi) is 4.53. The van der Waals surface area contributed by atoms with Crippen LogP contribution in [0, 0.1) is 25.7 Å². The fourth-order valence-corrected chi connectivity index (χ4v) is 3.51. The highest BCUT2D eigenvalue weighted by Gasteiger charge is 2.07. The molecule has 0 atom stereocenters. The van der Waals surface area contributed by atoms with Crippen molar-refractivity contribution < 1.29 is 0 Å². The van der Waals surface area contributed by atoms with E-state index < -0.39 is 0 Å². The summed E-state index contributed by atoms with van der Waals surface area (Å²) in [6.07, 6.45) is 2.54. The van der Waals surface area contributed by atoms with Crippen LogP contribution in [-0.2, 0) is 6.42 Å². The number of thiazole rings is 1. The standard InChI is InChI=1S/C21H17N5S/c1-13-12-23-19(27-13)8-4-6-15-5-3-7-16(11-15)17-9-10-18-20(26-17)21(22)25-14(2)24-18/h3,5,7,9-12H,8H2,1-2H3,(H2,22,24,25). The van der Waals surface area contributed by atoms with Gasteiger partial charge in [-0.1, -0.05) is 24.0 Å². The number of nitrogens with two attached hydrogens (primary N) is 1. The molecular formula is C21H17N5S. The van der Waals surface area contributed by atoms with Crippen LogP contribution in [0.15, 0.2) is 42.6 Å². The predicted molar refractivity (Wildman–Crippen MR) is 109 cm³/mol. The van der Waals surface area contributed by atoms with Gasteiger partial charge in [0.25, 0.3) is 0 Å². The zero-order valence-corrected chi connectivity index (χ0v) is 15.8. The SMILES string of the molecule is Cc1nc(N)c2nc(-c3cccc(C#CCc4ncc(C)s4)c3)ccc2n1. The summed E-state index contributed by atoms with van der Waals surface area (Å²) in [5.41, 5.74) is 10.1. The molecule has 27 heavy (non-hydrogen) atoms. The number of pyridine rings is 1. The Morgan fingerprint density at radius 3 is 2.78 bits per heavy atom. The molecule has 6 heteroatoms. The van der Waals surface area contributed by atoms with Crippen molar-refractivity contribution in [3.63, 3.8) is 0 Å². The van der Waals surface area contributed by atoms with Crippen molar-refractivity contribution >= 4 is 28.2 Å². The molecule has 0 aliphatic carbocycles. The highest BCUT2D eigenvalue weighted by molar-refractivity contribution is 7.11. The summed E-state index contributed by atoms with van der Waals surface area (Å²) in [5.74, 6) is 7.44. The second-order valence-electron chi connectivity index (χ2n) is 6.14. The van der Waals surface area contributed by atoms with Gasteiger partial charge in [0.05, 0.1) is 17.6 Å². The van der Waals surface area contributed by atoms with Gasteiger partial charge in [-0.05, 0) is 38.1 Å². The van der Waals surface area contributed by atoms with Crippen LogP contribution in [0.1, 0.15) is 21.3 Å². The van der Waals surface area contributed by atoms with Crippen LogP contribution in [0.2, 0.25) is 0 Å². The van der Waals surface area contributed by atoms with Gasteiger partial charge in [-0.2, -0.15) is 0 Å². The molecular weight excluding hydrogens is 354 g/mol. The van der Waals surface area contributed by atoms with Crippen molar-refractivity contribution in [2.75, 3.05) is 5.73 Å². The molecule has 0 amide bonds. The van der Waals surface area contributed by atoms with E-state index in [-0.39, 0.29) is 0 Å². The van der Waals surface area contributed by atoms with Crippen LogP contribution in [-0.4, -0.2) is 19.9 Å². The second-order valence-corrected chi connectivity index (χ2v) is 7.46. The van der Waals surface area contributed by atoms with Gasteiger partial charge in [-0.3, -0.25) is 0 Å². The average Bonchev–Trinajstić information content (AvgIpc) is 3.07. The van der Waals surface area contributed by atoms with Gasteiger partial charge in [0.1, 0.15) is 16.3 Å². The molecule has 0 fully saturated rings. The third kappa shape index (κ3) is 3.78. The zero-order valence-electron chi connectivity index (χ0n) is 15.0. The predicted octanol–water partition coefficient (Wildman–Crippen LogP) is 3.94. The second kappa shape index (κ2) is 7.14. The van der Waals surface area contributed by atoms with E-state index in [0.29, 0.717) is 23.6 Å². The number of aryl methyl sites for hydroxylation is 2. The fourth-order valence-electron chi connectivity index (χ4n) is 2.78. The van der Waals surface area contributed by atoms with E-state index in [9.17, 15) is 0 Å². The lowest BCUT2D eigenvalue weighted by Crippen LogP contribution is -1.99. The molecule has 0 saturated heterocycles. The molecule has 3 heterocycles. The van der Waals surface area contributed by atoms with Crippen LogP contribution >= 0.6 is 11.3 Å². The summed E-state index contributed by atoms with van der Waals surface area (Å²) in [7, 11) is 0. The minimum absolute atomic E-state index is 0.397. The van der Waals surface area contributed by atoms with Crippen molar-refractivity contribution in [2.24, 2.45) is 0 Å². The third-order valence-corrected chi connectivity index (χ3v) is 4.89. The van der Waals surface area contributed by atoms with Crippen molar-refractivity contribution in [2.45, 2.75) is 20.3 Å². The van der Waals surface area contributed by atoms with Gasteiger partial charge in [-0.25, -0.2) is 19.9 Å². The Bertz CT molecular complexity index is 1200. The number of rotatable bonds is 2. The highest BCUT2D eigenvalue weighted by atomic mass is 32.1. The molecule has 132 valence electrons. The summed E-state index contributed by atoms with van der Waals surface area (Å²) >= 11 is 1.68. The molecule has 0 radical (unpaired) electrons. The molecule has 2 N–H and O–H groups in total. The molecule has 0 unspecified atom stereocenters. The van der Waals surface area contributed by atoms with E-state index in [0.717, 1.165) is 27.3 Å². The first kappa shape index (κ1) is 17.1. The number of fused-ring (bicyclic) bond motifs is 1. The lowest BCUT2D eigenvalue weighted by molar-refractivity contribution is 1.09. The zero-order chi connectivity index (χ0) is 18.8. The van der Waals surface area contributed by atoms with Gasteiger partial charge >= 0.3 is 0 Å². The van der Waals surface area contributed by atoms with Crippen LogP contribution in [0.4, 0.5) is 5.82 Å². The van der Waals surface area contributed by atoms with Crippen LogP contribution in [0.5, 0.6) is 0 Å². The Morgan fingerprint density at radius 1 is 1.07 bits per heavy atom. The summed E-state index contributed by atoms with van der Waals surface area (Å²) in [4.78, 5) is 18.8. The number of nitrogen functional groups attached to an aromatic ring is 1. The molecule has 0 spiro atoms. The molecule has 4 rings (SSSR count). The molecule has 3 aromatic heterocycles. The summed E-state index contributed by atoms with van der Waals surface area (Å²) in [6.45, 7) is 3.87. The molecule has 1 aromatic carbocycles. The number of hydrogen-bond acceptors (Lipinski definition) is 6. The number of benzene rings is 1. The van der Waals surface area contributed by atoms with Crippen molar-refractivity contribution in [3.05, 3.63) is 63.9 Å². The Hall–Kier alpha value is -3.30.